The van der Waals surface area contributed by atoms with Crippen molar-refractivity contribution in [1.29, 1.82) is 0 Å². The van der Waals surface area contributed by atoms with Crippen molar-refractivity contribution < 1.29 is 24.5 Å². The van der Waals surface area contributed by atoms with Crippen LogP contribution in [0.3, 0.4) is 0 Å². The summed E-state index contributed by atoms with van der Waals surface area (Å²) in [5.41, 5.74) is 1.13. The number of fused-ring (bicyclic) bond motifs is 1. The Morgan fingerprint density at radius 2 is 2.18 bits per heavy atom. The molecule has 0 radical (unpaired) electrons. The zero-order valence-corrected chi connectivity index (χ0v) is 12.5. The smallest absolute Gasteiger partial charge is 0.323 e. The molecule has 0 saturated carbocycles. The number of anilines is 1. The molecule has 0 saturated heterocycles. The Morgan fingerprint density at radius 1 is 1.41 bits per heavy atom. The molecule has 120 valence electrons. The van der Waals surface area contributed by atoms with Crippen LogP contribution < -0.4 is 9.64 Å². The molecule has 1 aromatic rings. The second-order valence-electron chi connectivity index (χ2n) is 5.23. The fourth-order valence-corrected chi connectivity index (χ4v) is 2.36. The monoisotopic (exact) mass is 308 g/mol. The number of ketones is 1. The van der Waals surface area contributed by atoms with Crippen LogP contribution in [0.2, 0.25) is 0 Å². The van der Waals surface area contributed by atoms with Gasteiger partial charge in [0.2, 0.25) is 0 Å². The average Bonchev–Trinajstić information content (AvgIpc) is 2.46. The molecule has 0 fully saturated rings. The SMILES string of the molecule is CN(CCO)CC(=O)c1ccc2c(c1)N(CC(=O)O)CCO2. The fourth-order valence-electron chi connectivity index (χ4n) is 2.36. The first kappa shape index (κ1) is 16.3. The summed E-state index contributed by atoms with van der Waals surface area (Å²) < 4.78 is 5.50. The maximum absolute atomic E-state index is 12.2. The maximum atomic E-state index is 12.2. The summed E-state index contributed by atoms with van der Waals surface area (Å²) >= 11 is 0. The van der Waals surface area contributed by atoms with E-state index in [1.165, 1.54) is 0 Å². The minimum absolute atomic E-state index is 0.00576. The van der Waals surface area contributed by atoms with Gasteiger partial charge >= 0.3 is 5.97 Å². The first-order valence-electron chi connectivity index (χ1n) is 7.07. The molecule has 7 heteroatoms. The second kappa shape index (κ2) is 7.24. The summed E-state index contributed by atoms with van der Waals surface area (Å²) in [6.45, 7) is 1.38. The third-order valence-electron chi connectivity index (χ3n) is 3.46. The van der Waals surface area contributed by atoms with E-state index in [-0.39, 0.29) is 25.5 Å². The number of carboxylic acids is 1. The minimum Gasteiger partial charge on any atom is -0.490 e. The highest BCUT2D eigenvalue weighted by Gasteiger charge is 2.22. The van der Waals surface area contributed by atoms with E-state index in [0.717, 1.165) is 0 Å². The summed E-state index contributed by atoms with van der Waals surface area (Å²) in [6.07, 6.45) is 0. The Hall–Kier alpha value is -2.12. The van der Waals surface area contributed by atoms with Crippen molar-refractivity contribution in [2.45, 2.75) is 0 Å². The second-order valence-corrected chi connectivity index (χ2v) is 5.23. The third kappa shape index (κ3) is 3.96. The van der Waals surface area contributed by atoms with Crippen LogP contribution in [0.4, 0.5) is 5.69 Å². The van der Waals surface area contributed by atoms with E-state index in [2.05, 4.69) is 0 Å². The Bertz CT molecular complexity index is 561. The van der Waals surface area contributed by atoms with E-state index in [4.69, 9.17) is 14.9 Å². The van der Waals surface area contributed by atoms with Gasteiger partial charge in [-0.25, -0.2) is 0 Å². The van der Waals surface area contributed by atoms with Crippen LogP contribution in [0.1, 0.15) is 10.4 Å². The van der Waals surface area contributed by atoms with Gasteiger partial charge in [-0.15, -0.1) is 0 Å². The normalized spacial score (nSPS) is 13.7. The molecule has 1 aliphatic heterocycles. The van der Waals surface area contributed by atoms with E-state index in [9.17, 15) is 9.59 Å². The molecule has 0 aliphatic carbocycles. The van der Waals surface area contributed by atoms with Gasteiger partial charge in [0.05, 0.1) is 25.4 Å². The molecule has 0 bridgehead atoms. The van der Waals surface area contributed by atoms with Crippen LogP contribution in [-0.2, 0) is 4.79 Å². The van der Waals surface area contributed by atoms with Crippen molar-refractivity contribution in [2.24, 2.45) is 0 Å². The molecule has 1 aromatic carbocycles. The molecule has 0 unspecified atom stereocenters. The largest absolute Gasteiger partial charge is 0.490 e. The number of carbonyl (C=O) groups excluding carboxylic acids is 1. The molecule has 2 N–H and O–H groups in total. The van der Waals surface area contributed by atoms with Crippen molar-refractivity contribution in [3.63, 3.8) is 0 Å². The topological polar surface area (TPSA) is 90.3 Å². The molecule has 1 aliphatic rings. The summed E-state index contributed by atoms with van der Waals surface area (Å²) in [7, 11) is 1.76. The van der Waals surface area contributed by atoms with Crippen molar-refractivity contribution in [3.8, 4) is 5.75 Å². The van der Waals surface area contributed by atoms with E-state index in [1.807, 2.05) is 0 Å². The minimum atomic E-state index is -0.924. The lowest BCUT2D eigenvalue weighted by Crippen LogP contribution is -2.37. The van der Waals surface area contributed by atoms with Crippen molar-refractivity contribution in [1.82, 2.24) is 4.90 Å². The molecule has 7 nitrogen and oxygen atoms in total. The number of aliphatic carboxylic acids is 1. The maximum Gasteiger partial charge on any atom is 0.323 e. The molecule has 0 aromatic heterocycles. The number of nitrogens with zero attached hydrogens (tertiary/aromatic N) is 2. The number of aliphatic hydroxyl groups excluding tert-OH is 1. The highest BCUT2D eigenvalue weighted by Crippen LogP contribution is 2.32. The summed E-state index contributed by atoms with van der Waals surface area (Å²) in [5.74, 6) is -0.417. The van der Waals surface area contributed by atoms with Crippen LogP contribution in [0.5, 0.6) is 5.75 Å². The Labute approximate surface area is 128 Å². The van der Waals surface area contributed by atoms with E-state index in [0.29, 0.717) is 36.7 Å². The third-order valence-corrected chi connectivity index (χ3v) is 3.46. The van der Waals surface area contributed by atoms with Gasteiger partial charge in [-0.3, -0.25) is 14.5 Å². The Kier molecular flexibility index (Phi) is 5.35. The first-order valence-corrected chi connectivity index (χ1v) is 7.07. The number of hydrogen-bond donors (Lipinski definition) is 2. The number of benzene rings is 1. The molecular formula is C15H20N2O5. The van der Waals surface area contributed by atoms with Gasteiger partial charge in [0, 0.05) is 12.1 Å². The lowest BCUT2D eigenvalue weighted by Gasteiger charge is -2.30. The average molecular weight is 308 g/mol. The number of rotatable bonds is 7. The van der Waals surface area contributed by atoms with Gasteiger partial charge in [-0.1, -0.05) is 0 Å². The van der Waals surface area contributed by atoms with Crippen molar-refractivity contribution in [2.75, 3.05) is 51.3 Å². The van der Waals surface area contributed by atoms with Crippen molar-refractivity contribution in [3.05, 3.63) is 23.8 Å². The van der Waals surface area contributed by atoms with Gasteiger partial charge in [0.15, 0.2) is 5.78 Å². The van der Waals surface area contributed by atoms with Crippen LogP contribution in [-0.4, -0.2) is 73.3 Å². The highest BCUT2D eigenvalue weighted by atomic mass is 16.5. The molecule has 0 spiro atoms. The summed E-state index contributed by atoms with van der Waals surface area (Å²) in [5, 5.41) is 17.8. The number of hydrogen-bond acceptors (Lipinski definition) is 6. The van der Waals surface area contributed by atoms with Gasteiger partial charge in [-0.05, 0) is 25.2 Å². The van der Waals surface area contributed by atoms with E-state index in [1.54, 1.807) is 35.0 Å². The Morgan fingerprint density at radius 3 is 2.86 bits per heavy atom. The van der Waals surface area contributed by atoms with Gasteiger partial charge < -0.3 is 19.8 Å². The predicted molar refractivity (Wildman–Crippen MR) is 80.7 cm³/mol. The molecule has 0 amide bonds. The van der Waals surface area contributed by atoms with E-state index < -0.39 is 5.97 Å². The lowest BCUT2D eigenvalue weighted by molar-refractivity contribution is -0.135. The number of carbonyl (C=O) groups is 2. The first-order chi connectivity index (χ1) is 10.5. The molecule has 0 atom stereocenters. The number of Topliss-reactive ketones (excluding diaryl/α,β-unsaturated/α-hetero) is 1. The summed E-state index contributed by atoms with van der Waals surface area (Å²) in [6, 6.07) is 5.05. The van der Waals surface area contributed by atoms with E-state index >= 15 is 0 Å². The number of ether oxygens (including phenoxy) is 1. The van der Waals surface area contributed by atoms with Crippen LogP contribution in [0, 0.1) is 0 Å². The quantitative estimate of drug-likeness (QED) is 0.689. The molecule has 22 heavy (non-hydrogen) atoms. The lowest BCUT2D eigenvalue weighted by atomic mass is 10.1. The van der Waals surface area contributed by atoms with Crippen LogP contribution in [0.15, 0.2) is 18.2 Å². The molecule has 2 rings (SSSR count). The number of carboxylic acid groups (broad SMARTS) is 1. The highest BCUT2D eigenvalue weighted by molar-refractivity contribution is 5.99. The van der Waals surface area contributed by atoms with Gasteiger partial charge in [0.25, 0.3) is 0 Å². The van der Waals surface area contributed by atoms with Crippen molar-refractivity contribution >= 4 is 17.4 Å². The van der Waals surface area contributed by atoms with Crippen LogP contribution in [0.25, 0.3) is 0 Å². The zero-order chi connectivity index (χ0) is 16.1. The number of aliphatic hydroxyl groups is 1. The predicted octanol–water partition coefficient (Wildman–Crippen LogP) is 0.0768. The van der Waals surface area contributed by atoms with Gasteiger partial charge in [-0.2, -0.15) is 0 Å². The number of likely N-dealkylation sites (N-methyl/N-ethyl adjacent to an activating group) is 1. The van der Waals surface area contributed by atoms with Gasteiger partial charge in [0.1, 0.15) is 18.9 Å². The van der Waals surface area contributed by atoms with Crippen LogP contribution >= 0.6 is 0 Å². The summed E-state index contributed by atoms with van der Waals surface area (Å²) in [4.78, 5) is 26.6. The zero-order valence-electron chi connectivity index (χ0n) is 12.5. The molecule has 1 heterocycles. The fraction of sp³-hybridized carbons (Fsp3) is 0.467. The Balaban J connectivity index is 2.18. The molecular weight excluding hydrogens is 288 g/mol. The standard InChI is InChI=1S/C15H20N2O5/c1-16(4-6-18)9-13(19)11-2-3-14-12(8-11)17(5-7-22-14)10-15(20)21/h2-3,8,18H,4-7,9-10H2,1H3,(H,20,21).